The summed E-state index contributed by atoms with van der Waals surface area (Å²) in [6, 6.07) is 1.95. The lowest BCUT2D eigenvalue weighted by molar-refractivity contribution is -0.384. The number of benzene rings is 1. The lowest BCUT2D eigenvalue weighted by atomic mass is 10.0. The first-order valence-electron chi connectivity index (χ1n) is 8.09. The van der Waals surface area contributed by atoms with Crippen LogP contribution < -0.4 is 5.32 Å². The quantitative estimate of drug-likeness (QED) is 0.621. The Balaban J connectivity index is 1.95. The molecule has 2 rings (SSSR count). The molecule has 1 aliphatic heterocycles. The van der Waals surface area contributed by atoms with Gasteiger partial charge in [-0.2, -0.15) is 0 Å². The monoisotopic (exact) mass is 373 g/mol. The molecule has 7 nitrogen and oxygen atoms in total. The molecule has 0 aromatic heterocycles. The summed E-state index contributed by atoms with van der Waals surface area (Å²) in [5, 5.41) is 13.9. The average molecular weight is 374 g/mol. The third-order valence-corrected chi connectivity index (χ3v) is 4.18. The molecule has 25 heavy (non-hydrogen) atoms. The van der Waals surface area contributed by atoms with Crippen molar-refractivity contribution in [3.05, 3.63) is 33.1 Å². The second-order valence-electron chi connectivity index (χ2n) is 6.42. The number of piperidine rings is 1. The van der Waals surface area contributed by atoms with Gasteiger partial charge in [0.2, 0.25) is 0 Å². The van der Waals surface area contributed by atoms with Crippen LogP contribution in [0.15, 0.2) is 12.1 Å². The molecule has 1 fully saturated rings. The van der Waals surface area contributed by atoms with Crippen LogP contribution in [0.5, 0.6) is 0 Å². The lowest BCUT2D eigenvalue weighted by Gasteiger charge is -2.32. The van der Waals surface area contributed by atoms with Crippen LogP contribution in [-0.2, 0) is 4.74 Å². The zero-order chi connectivity index (χ0) is 18.6. The molecule has 0 atom stereocenters. The molecule has 1 saturated heterocycles. The third-order valence-electron chi connectivity index (χ3n) is 3.89. The van der Waals surface area contributed by atoms with Gasteiger partial charge in [-0.3, -0.25) is 10.1 Å². The molecule has 9 heteroatoms. The van der Waals surface area contributed by atoms with Gasteiger partial charge in [0.1, 0.15) is 11.5 Å². The highest BCUT2D eigenvalue weighted by molar-refractivity contribution is 6.31. The first kappa shape index (κ1) is 19.2. The molecule has 0 aliphatic carbocycles. The van der Waals surface area contributed by atoms with Gasteiger partial charge in [0, 0.05) is 19.1 Å². The van der Waals surface area contributed by atoms with Crippen molar-refractivity contribution in [3.8, 4) is 0 Å². The summed E-state index contributed by atoms with van der Waals surface area (Å²) in [5.74, 6) is -0.562. The van der Waals surface area contributed by atoms with E-state index in [0.717, 1.165) is 6.07 Å². The number of likely N-dealkylation sites (tertiary alicyclic amines) is 1. The Morgan fingerprint density at radius 1 is 1.48 bits per heavy atom. The number of nitrogens with one attached hydrogen (secondary N) is 1. The molecule has 0 bridgehead atoms. The summed E-state index contributed by atoms with van der Waals surface area (Å²) >= 11 is 5.73. The van der Waals surface area contributed by atoms with Crippen LogP contribution in [-0.4, -0.2) is 41.7 Å². The van der Waals surface area contributed by atoms with Crippen LogP contribution in [0.1, 0.15) is 26.7 Å². The fraction of sp³-hybridized carbons (Fsp3) is 0.562. The lowest BCUT2D eigenvalue weighted by Crippen LogP contribution is -2.43. The molecule has 1 aromatic carbocycles. The van der Waals surface area contributed by atoms with Crippen LogP contribution in [0.4, 0.5) is 20.6 Å². The van der Waals surface area contributed by atoms with E-state index in [0.29, 0.717) is 32.5 Å². The molecule has 0 radical (unpaired) electrons. The molecule has 1 amide bonds. The number of ether oxygens (including phenoxy) is 1. The van der Waals surface area contributed by atoms with Crippen LogP contribution >= 0.6 is 11.6 Å². The molecule has 0 saturated carbocycles. The standard InChI is InChI=1S/C16H21ClFN3O4/c1-10(2)9-25-16(22)20-5-3-11(4-6-20)19-14-7-12(17)13(18)8-15(14)21(23)24/h7-8,10-11,19H,3-6,9H2,1-2H3. The van der Waals surface area contributed by atoms with Gasteiger partial charge in [0.05, 0.1) is 22.6 Å². The van der Waals surface area contributed by atoms with Gasteiger partial charge in [0.25, 0.3) is 5.69 Å². The number of amides is 1. The highest BCUT2D eigenvalue weighted by atomic mass is 35.5. The van der Waals surface area contributed by atoms with Crippen LogP contribution in [0.25, 0.3) is 0 Å². The Kier molecular flexibility index (Phi) is 6.41. The molecule has 138 valence electrons. The van der Waals surface area contributed by atoms with Crippen LogP contribution in [0, 0.1) is 21.8 Å². The number of carbonyl (C=O) groups excluding carboxylic acids is 1. The maximum Gasteiger partial charge on any atom is 0.409 e. The van der Waals surface area contributed by atoms with Crippen LogP contribution in [0.2, 0.25) is 5.02 Å². The summed E-state index contributed by atoms with van der Waals surface area (Å²) in [6.45, 7) is 5.26. The number of halogens is 2. The van der Waals surface area contributed by atoms with Gasteiger partial charge >= 0.3 is 6.09 Å². The van der Waals surface area contributed by atoms with Crippen molar-refractivity contribution in [2.45, 2.75) is 32.7 Å². The molecule has 0 spiro atoms. The fourth-order valence-electron chi connectivity index (χ4n) is 2.56. The van der Waals surface area contributed by atoms with Gasteiger partial charge in [-0.25, -0.2) is 9.18 Å². The second kappa shape index (κ2) is 8.33. The number of anilines is 1. The van der Waals surface area contributed by atoms with Crippen LogP contribution in [0.3, 0.4) is 0 Å². The average Bonchev–Trinajstić information content (AvgIpc) is 2.56. The van der Waals surface area contributed by atoms with E-state index < -0.39 is 10.7 Å². The van der Waals surface area contributed by atoms with Crippen molar-refractivity contribution in [2.75, 3.05) is 25.0 Å². The van der Waals surface area contributed by atoms with E-state index in [1.165, 1.54) is 6.07 Å². The maximum atomic E-state index is 13.4. The number of carbonyl (C=O) groups is 1. The van der Waals surface area contributed by atoms with Gasteiger partial charge in [-0.05, 0) is 24.8 Å². The summed E-state index contributed by atoms with van der Waals surface area (Å²) in [6.07, 6.45) is 0.856. The van der Waals surface area contributed by atoms with Crippen molar-refractivity contribution < 1.29 is 18.8 Å². The van der Waals surface area contributed by atoms with E-state index in [-0.39, 0.29) is 34.5 Å². The molecule has 1 aromatic rings. The molecule has 0 unspecified atom stereocenters. The number of nitro benzene ring substituents is 1. The second-order valence-corrected chi connectivity index (χ2v) is 6.82. The summed E-state index contributed by atoms with van der Waals surface area (Å²) in [4.78, 5) is 24.0. The molecular formula is C16H21ClFN3O4. The zero-order valence-electron chi connectivity index (χ0n) is 14.1. The minimum atomic E-state index is -0.832. The Hall–Kier alpha value is -2.09. The van der Waals surface area contributed by atoms with E-state index >= 15 is 0 Å². The first-order valence-corrected chi connectivity index (χ1v) is 8.47. The van der Waals surface area contributed by atoms with Gasteiger partial charge in [-0.1, -0.05) is 25.4 Å². The Morgan fingerprint density at radius 3 is 2.68 bits per heavy atom. The normalized spacial score (nSPS) is 15.3. The zero-order valence-corrected chi connectivity index (χ0v) is 14.9. The molecule has 1 N–H and O–H groups in total. The van der Waals surface area contributed by atoms with Crippen molar-refractivity contribution in [1.29, 1.82) is 0 Å². The summed E-state index contributed by atoms with van der Waals surface area (Å²) in [7, 11) is 0. The smallest absolute Gasteiger partial charge is 0.409 e. The van der Waals surface area contributed by atoms with E-state index in [1.807, 2.05) is 13.8 Å². The summed E-state index contributed by atoms with van der Waals surface area (Å²) in [5.41, 5.74) is -0.182. The van der Waals surface area contributed by atoms with E-state index in [1.54, 1.807) is 4.90 Å². The number of nitro groups is 1. The van der Waals surface area contributed by atoms with Crippen molar-refractivity contribution in [2.24, 2.45) is 5.92 Å². The predicted molar refractivity (Wildman–Crippen MR) is 92.5 cm³/mol. The molecular weight excluding hydrogens is 353 g/mol. The van der Waals surface area contributed by atoms with Crippen molar-refractivity contribution in [1.82, 2.24) is 4.90 Å². The van der Waals surface area contributed by atoms with E-state index in [9.17, 15) is 19.3 Å². The minimum Gasteiger partial charge on any atom is -0.449 e. The summed E-state index contributed by atoms with van der Waals surface area (Å²) < 4.78 is 18.6. The Morgan fingerprint density at radius 2 is 2.12 bits per heavy atom. The van der Waals surface area contributed by atoms with Gasteiger partial charge in [-0.15, -0.1) is 0 Å². The highest BCUT2D eigenvalue weighted by Crippen LogP contribution is 2.31. The molecule has 1 aliphatic rings. The maximum absolute atomic E-state index is 13.4. The van der Waals surface area contributed by atoms with E-state index in [4.69, 9.17) is 16.3 Å². The number of nitrogens with zero attached hydrogens (tertiary/aromatic N) is 2. The highest BCUT2D eigenvalue weighted by Gasteiger charge is 2.26. The topological polar surface area (TPSA) is 84.7 Å². The number of hydrogen-bond acceptors (Lipinski definition) is 5. The largest absolute Gasteiger partial charge is 0.449 e. The van der Waals surface area contributed by atoms with E-state index in [2.05, 4.69) is 5.32 Å². The number of hydrogen-bond donors (Lipinski definition) is 1. The van der Waals surface area contributed by atoms with Crippen molar-refractivity contribution in [3.63, 3.8) is 0 Å². The van der Waals surface area contributed by atoms with Gasteiger partial charge in [0.15, 0.2) is 0 Å². The fourth-order valence-corrected chi connectivity index (χ4v) is 2.72. The SMILES string of the molecule is CC(C)COC(=O)N1CCC(Nc2cc(Cl)c(F)cc2[N+](=O)[O-])CC1. The molecule has 1 heterocycles. The Bertz CT molecular complexity index is 649. The number of rotatable bonds is 5. The Labute approximate surface area is 150 Å². The van der Waals surface area contributed by atoms with Gasteiger partial charge < -0.3 is 15.0 Å². The van der Waals surface area contributed by atoms with Crippen molar-refractivity contribution >= 4 is 29.1 Å². The predicted octanol–water partition coefficient (Wildman–Crippen LogP) is 4.06. The third kappa shape index (κ3) is 5.19. The first-order chi connectivity index (χ1) is 11.8. The minimum absolute atomic E-state index is 0.0747.